The molecule has 5 atom stereocenters. The average Bonchev–Trinajstić information content (AvgIpc) is 2.81. The van der Waals surface area contributed by atoms with Crippen LogP contribution in [0.2, 0.25) is 0 Å². The molecular formula is C13H15NO6S. The van der Waals surface area contributed by atoms with E-state index in [0.29, 0.717) is 11.1 Å². The van der Waals surface area contributed by atoms with Crippen molar-refractivity contribution in [3.8, 4) is 0 Å². The summed E-state index contributed by atoms with van der Waals surface area (Å²) >= 11 is 5.13. The van der Waals surface area contributed by atoms with Gasteiger partial charge >= 0.3 is 0 Å². The Balaban J connectivity index is 2.09. The van der Waals surface area contributed by atoms with Crippen molar-refractivity contribution >= 4 is 23.3 Å². The molecular weight excluding hydrogens is 298 g/mol. The fourth-order valence-electron chi connectivity index (χ4n) is 2.52. The third-order valence-electron chi connectivity index (χ3n) is 3.64. The topological polar surface area (TPSA) is 108 Å². The predicted molar refractivity (Wildman–Crippen MR) is 74.1 cm³/mol. The summed E-state index contributed by atoms with van der Waals surface area (Å²) in [5.74, 6) is 0. The van der Waals surface area contributed by atoms with E-state index >= 15 is 0 Å². The molecule has 3 rings (SSSR count). The smallest absolute Gasteiger partial charge is 0.271 e. The van der Waals surface area contributed by atoms with Crippen molar-refractivity contribution in [3.63, 3.8) is 0 Å². The molecule has 8 heteroatoms. The summed E-state index contributed by atoms with van der Waals surface area (Å²) in [5.41, 5.74) is 1.10. The van der Waals surface area contributed by atoms with E-state index in [1.165, 1.54) is 4.57 Å². The lowest BCUT2D eigenvalue weighted by molar-refractivity contribution is -0.251. The summed E-state index contributed by atoms with van der Waals surface area (Å²) in [6.45, 7) is -0.495. The van der Waals surface area contributed by atoms with Gasteiger partial charge in [-0.2, -0.15) is 0 Å². The van der Waals surface area contributed by atoms with Crippen LogP contribution in [0.5, 0.6) is 0 Å². The Bertz CT molecular complexity index is 695. The molecule has 0 aliphatic carbocycles. The highest BCUT2D eigenvalue weighted by Gasteiger charge is 2.45. The van der Waals surface area contributed by atoms with E-state index in [1.54, 1.807) is 24.3 Å². The van der Waals surface area contributed by atoms with Gasteiger partial charge in [0.2, 0.25) is 0 Å². The lowest BCUT2D eigenvalue weighted by Gasteiger charge is -2.40. The molecule has 0 amide bonds. The van der Waals surface area contributed by atoms with E-state index in [1.807, 2.05) is 0 Å². The quantitative estimate of drug-likeness (QED) is 0.575. The number of fused-ring (bicyclic) bond motifs is 1. The molecule has 0 bridgehead atoms. The summed E-state index contributed by atoms with van der Waals surface area (Å²) in [4.78, 5) is 0.0699. The first-order valence-electron chi connectivity index (χ1n) is 6.45. The van der Waals surface area contributed by atoms with Crippen LogP contribution in [0.3, 0.4) is 0 Å². The van der Waals surface area contributed by atoms with Gasteiger partial charge in [-0.3, -0.25) is 4.57 Å². The van der Waals surface area contributed by atoms with Crippen molar-refractivity contribution in [3.05, 3.63) is 29.1 Å². The molecule has 2 heterocycles. The Morgan fingerprint density at radius 1 is 1.10 bits per heavy atom. The number of aliphatic hydroxyl groups is 4. The number of aromatic nitrogens is 1. The van der Waals surface area contributed by atoms with Crippen LogP contribution in [0.1, 0.15) is 6.23 Å². The first-order chi connectivity index (χ1) is 10.0. The second-order valence-corrected chi connectivity index (χ2v) is 5.27. The first-order valence-corrected chi connectivity index (χ1v) is 6.86. The highest BCUT2D eigenvalue weighted by molar-refractivity contribution is 7.71. The molecule has 1 aliphatic heterocycles. The van der Waals surface area contributed by atoms with E-state index in [-0.39, 0.29) is 4.84 Å². The molecule has 0 spiro atoms. The fourth-order valence-corrected chi connectivity index (χ4v) is 2.81. The molecule has 1 aliphatic rings. The number of hydrogen-bond acceptors (Lipinski definition) is 7. The maximum absolute atomic E-state index is 10.2. The highest BCUT2D eigenvalue weighted by atomic mass is 32.1. The molecule has 7 nitrogen and oxygen atoms in total. The fraction of sp³-hybridized carbons (Fsp3) is 0.462. The van der Waals surface area contributed by atoms with Crippen LogP contribution in [0.4, 0.5) is 0 Å². The summed E-state index contributed by atoms with van der Waals surface area (Å²) in [5, 5.41) is 39.0. The standard InChI is InChI=1S/C13H15NO6S/c15-5-8-9(16)10(17)11(18)12(19-8)14-6-3-1-2-4-7(6)20-13(14)21/h1-4,8-12,15-18H,5H2/t8-,9+,10+,11-,12-/m1/s1. The first kappa shape index (κ1) is 14.6. The molecule has 0 radical (unpaired) electrons. The summed E-state index contributed by atoms with van der Waals surface area (Å²) in [6, 6.07) is 6.99. The van der Waals surface area contributed by atoms with E-state index < -0.39 is 37.3 Å². The molecule has 0 unspecified atom stereocenters. The Hall–Kier alpha value is -1.29. The zero-order valence-electron chi connectivity index (χ0n) is 10.9. The zero-order valence-corrected chi connectivity index (χ0v) is 11.7. The largest absolute Gasteiger partial charge is 0.429 e. The third-order valence-corrected chi connectivity index (χ3v) is 3.92. The van der Waals surface area contributed by atoms with Gasteiger partial charge in [-0.1, -0.05) is 12.1 Å². The van der Waals surface area contributed by atoms with Crippen molar-refractivity contribution in [2.24, 2.45) is 0 Å². The van der Waals surface area contributed by atoms with E-state index in [9.17, 15) is 20.4 Å². The molecule has 1 saturated heterocycles. The minimum atomic E-state index is -1.46. The molecule has 0 saturated carbocycles. The lowest BCUT2D eigenvalue weighted by atomic mass is 9.98. The molecule has 1 fully saturated rings. The SMILES string of the molecule is OC[C@H]1O[C@@H](n2c(=S)oc3ccccc32)[C@H](O)[C@@H](O)[C@H]1O. The van der Waals surface area contributed by atoms with Gasteiger partial charge in [0.25, 0.3) is 4.84 Å². The van der Waals surface area contributed by atoms with Gasteiger partial charge in [0.05, 0.1) is 12.1 Å². The van der Waals surface area contributed by atoms with Crippen molar-refractivity contribution in [2.45, 2.75) is 30.6 Å². The van der Waals surface area contributed by atoms with Crippen LogP contribution >= 0.6 is 12.2 Å². The number of para-hydroxylation sites is 2. The van der Waals surface area contributed by atoms with Gasteiger partial charge < -0.3 is 29.6 Å². The van der Waals surface area contributed by atoms with Gasteiger partial charge in [-0.25, -0.2) is 0 Å². The number of hydrogen-bond donors (Lipinski definition) is 4. The summed E-state index contributed by atoms with van der Waals surface area (Å²) in [6.07, 6.45) is -6.33. The maximum Gasteiger partial charge on any atom is 0.271 e. The Labute approximate surface area is 124 Å². The van der Waals surface area contributed by atoms with Crippen LogP contribution < -0.4 is 0 Å². The Morgan fingerprint density at radius 2 is 1.81 bits per heavy atom. The minimum Gasteiger partial charge on any atom is -0.429 e. The molecule has 4 N–H and O–H groups in total. The summed E-state index contributed by atoms with van der Waals surface area (Å²) < 4.78 is 12.3. The Kier molecular flexibility index (Phi) is 3.82. The van der Waals surface area contributed by atoms with Crippen molar-refractivity contribution < 1.29 is 29.6 Å². The number of benzene rings is 1. The molecule has 1 aromatic heterocycles. The van der Waals surface area contributed by atoms with Gasteiger partial charge in [0.15, 0.2) is 11.8 Å². The van der Waals surface area contributed by atoms with Crippen LogP contribution in [0.25, 0.3) is 11.1 Å². The van der Waals surface area contributed by atoms with Gasteiger partial charge in [-0.15, -0.1) is 0 Å². The van der Waals surface area contributed by atoms with Crippen LogP contribution in [-0.4, -0.2) is 56.0 Å². The zero-order chi connectivity index (χ0) is 15.1. The van der Waals surface area contributed by atoms with Gasteiger partial charge in [0.1, 0.15) is 24.4 Å². The molecule has 1 aromatic carbocycles. The predicted octanol–water partition coefficient (Wildman–Crippen LogP) is -0.0638. The van der Waals surface area contributed by atoms with Gasteiger partial charge in [-0.05, 0) is 24.4 Å². The molecule has 21 heavy (non-hydrogen) atoms. The Morgan fingerprint density at radius 3 is 2.52 bits per heavy atom. The summed E-state index contributed by atoms with van der Waals surface area (Å²) in [7, 11) is 0. The number of oxazole rings is 1. The second-order valence-electron chi connectivity index (χ2n) is 4.93. The van der Waals surface area contributed by atoms with Crippen LogP contribution in [-0.2, 0) is 4.74 Å². The van der Waals surface area contributed by atoms with Gasteiger partial charge in [0, 0.05) is 0 Å². The lowest BCUT2D eigenvalue weighted by Crippen LogP contribution is -2.56. The molecule has 2 aromatic rings. The van der Waals surface area contributed by atoms with E-state index in [0.717, 1.165) is 0 Å². The number of aliphatic hydroxyl groups excluding tert-OH is 4. The van der Waals surface area contributed by atoms with E-state index in [4.69, 9.17) is 21.4 Å². The number of nitrogens with zero attached hydrogens (tertiary/aromatic N) is 1. The van der Waals surface area contributed by atoms with Crippen LogP contribution in [0, 0.1) is 4.84 Å². The average molecular weight is 313 g/mol. The minimum absolute atomic E-state index is 0.0699. The maximum atomic E-state index is 10.2. The number of rotatable bonds is 2. The van der Waals surface area contributed by atoms with Crippen molar-refractivity contribution in [1.82, 2.24) is 4.57 Å². The highest BCUT2D eigenvalue weighted by Crippen LogP contribution is 2.32. The third kappa shape index (κ3) is 2.30. The van der Waals surface area contributed by atoms with E-state index in [2.05, 4.69) is 0 Å². The van der Waals surface area contributed by atoms with Crippen LogP contribution in [0.15, 0.2) is 28.7 Å². The number of ether oxygens (including phenoxy) is 1. The molecule has 114 valence electrons. The van der Waals surface area contributed by atoms with Crippen molar-refractivity contribution in [2.75, 3.05) is 6.61 Å². The normalized spacial score (nSPS) is 33.4. The second kappa shape index (κ2) is 5.48. The monoisotopic (exact) mass is 313 g/mol. The van der Waals surface area contributed by atoms with Crippen molar-refractivity contribution in [1.29, 1.82) is 0 Å².